The van der Waals surface area contributed by atoms with Gasteiger partial charge in [-0.15, -0.1) is 10.2 Å². The number of nitrogens with zero attached hydrogens (tertiary/aromatic N) is 4. The maximum Gasteiger partial charge on any atom is 0.228 e. The average molecular weight is 372 g/mol. The van der Waals surface area contributed by atoms with Gasteiger partial charge < -0.3 is 10.0 Å². The molecule has 2 heterocycles. The van der Waals surface area contributed by atoms with Gasteiger partial charge in [0.15, 0.2) is 10.9 Å². The number of ketones is 1. The Balaban J connectivity index is 1.46. The van der Waals surface area contributed by atoms with Crippen molar-refractivity contribution in [3.05, 3.63) is 29.8 Å². The molecule has 1 saturated carbocycles. The standard InChI is InChI=1S/C19H24N4O2S/c1-13-8-10-22(11-9-13)18-20-21-19(23(18)15-4-5-15)26-12-17(25)14-2-6-16(24)7-3-14/h2-3,6-7,13,15,24H,4-5,8-12H2,1H3. The van der Waals surface area contributed by atoms with Gasteiger partial charge in [-0.1, -0.05) is 18.7 Å². The number of phenolic OH excluding ortho intramolecular Hbond substituents is 1. The first-order valence-electron chi connectivity index (χ1n) is 9.26. The fourth-order valence-electron chi connectivity index (χ4n) is 3.30. The van der Waals surface area contributed by atoms with Gasteiger partial charge in [0.25, 0.3) is 0 Å². The molecule has 6 nitrogen and oxygen atoms in total. The Morgan fingerprint density at radius 2 is 1.85 bits per heavy atom. The summed E-state index contributed by atoms with van der Waals surface area (Å²) in [5, 5.41) is 19.0. The lowest BCUT2D eigenvalue weighted by Gasteiger charge is -2.31. The molecule has 1 N–H and O–H groups in total. The topological polar surface area (TPSA) is 71.2 Å². The first-order valence-corrected chi connectivity index (χ1v) is 10.3. The van der Waals surface area contributed by atoms with Gasteiger partial charge in [-0.05, 0) is 55.9 Å². The van der Waals surface area contributed by atoms with Crippen LogP contribution in [0.25, 0.3) is 0 Å². The molecule has 1 aromatic carbocycles. The molecule has 1 aliphatic carbocycles. The number of rotatable bonds is 6. The molecule has 138 valence electrons. The summed E-state index contributed by atoms with van der Waals surface area (Å²) in [6, 6.07) is 6.87. The van der Waals surface area contributed by atoms with Crippen LogP contribution in [-0.2, 0) is 0 Å². The Hall–Kier alpha value is -2.02. The molecule has 2 fully saturated rings. The lowest BCUT2D eigenvalue weighted by Crippen LogP contribution is -2.34. The van der Waals surface area contributed by atoms with Gasteiger partial charge in [0, 0.05) is 24.7 Å². The van der Waals surface area contributed by atoms with Crippen LogP contribution in [0.1, 0.15) is 49.0 Å². The molecule has 1 saturated heterocycles. The van der Waals surface area contributed by atoms with Gasteiger partial charge in [-0.3, -0.25) is 9.36 Å². The summed E-state index contributed by atoms with van der Waals surface area (Å²) in [5.74, 6) is 2.28. The monoisotopic (exact) mass is 372 g/mol. The first-order chi connectivity index (χ1) is 12.6. The second-order valence-electron chi connectivity index (χ2n) is 7.31. The number of Topliss-reactive ketones (excluding diaryl/α,β-unsaturated/α-hetero) is 1. The summed E-state index contributed by atoms with van der Waals surface area (Å²) >= 11 is 1.46. The Kier molecular flexibility index (Phi) is 4.89. The van der Waals surface area contributed by atoms with E-state index in [1.165, 1.54) is 24.6 Å². The molecule has 2 aliphatic rings. The van der Waals surface area contributed by atoms with Crippen molar-refractivity contribution in [2.24, 2.45) is 5.92 Å². The van der Waals surface area contributed by atoms with Gasteiger partial charge in [-0.2, -0.15) is 0 Å². The highest BCUT2D eigenvalue weighted by molar-refractivity contribution is 7.99. The van der Waals surface area contributed by atoms with Crippen LogP contribution in [0.2, 0.25) is 0 Å². The van der Waals surface area contributed by atoms with Gasteiger partial charge >= 0.3 is 0 Å². The quantitative estimate of drug-likeness (QED) is 0.618. The molecule has 7 heteroatoms. The van der Waals surface area contributed by atoms with Crippen LogP contribution in [0.4, 0.5) is 5.95 Å². The number of thioether (sulfide) groups is 1. The van der Waals surface area contributed by atoms with Crippen LogP contribution in [0.5, 0.6) is 5.75 Å². The zero-order valence-electron chi connectivity index (χ0n) is 15.0. The van der Waals surface area contributed by atoms with Gasteiger partial charge in [0.1, 0.15) is 5.75 Å². The van der Waals surface area contributed by atoms with Crippen LogP contribution < -0.4 is 4.90 Å². The number of aromatic hydroxyl groups is 1. The molecule has 0 amide bonds. The zero-order chi connectivity index (χ0) is 18.1. The Labute approximate surface area is 157 Å². The number of carbonyl (C=O) groups is 1. The minimum Gasteiger partial charge on any atom is -0.508 e. The third-order valence-corrected chi connectivity index (χ3v) is 6.09. The highest BCUT2D eigenvalue weighted by atomic mass is 32.2. The van der Waals surface area contributed by atoms with E-state index in [9.17, 15) is 9.90 Å². The van der Waals surface area contributed by atoms with Gasteiger partial charge in [0.2, 0.25) is 5.95 Å². The molecule has 0 atom stereocenters. The Bertz CT molecular complexity index is 777. The van der Waals surface area contributed by atoms with E-state index in [4.69, 9.17) is 0 Å². The van der Waals surface area contributed by atoms with E-state index in [2.05, 4.69) is 26.6 Å². The van der Waals surface area contributed by atoms with Crippen LogP contribution >= 0.6 is 11.8 Å². The molecule has 0 bridgehead atoms. The highest BCUT2D eigenvalue weighted by Crippen LogP contribution is 2.41. The van der Waals surface area contributed by atoms with Gasteiger partial charge in [0.05, 0.1) is 5.75 Å². The molecule has 2 aromatic rings. The fourth-order valence-corrected chi connectivity index (χ4v) is 4.20. The van der Waals surface area contributed by atoms with E-state index in [1.54, 1.807) is 24.3 Å². The van der Waals surface area contributed by atoms with E-state index in [1.807, 2.05) is 0 Å². The second-order valence-corrected chi connectivity index (χ2v) is 8.25. The Morgan fingerprint density at radius 1 is 1.15 bits per heavy atom. The lowest BCUT2D eigenvalue weighted by atomic mass is 10.00. The average Bonchev–Trinajstić information content (AvgIpc) is 3.40. The van der Waals surface area contributed by atoms with Crippen LogP contribution in [0.3, 0.4) is 0 Å². The van der Waals surface area contributed by atoms with E-state index in [-0.39, 0.29) is 11.5 Å². The number of phenols is 1. The third-order valence-electron chi connectivity index (χ3n) is 5.15. The first kappa shape index (κ1) is 17.4. The summed E-state index contributed by atoms with van der Waals surface area (Å²) < 4.78 is 2.24. The molecular weight excluding hydrogens is 348 g/mol. The highest BCUT2D eigenvalue weighted by Gasteiger charge is 2.32. The Morgan fingerprint density at radius 3 is 2.50 bits per heavy atom. The SMILES string of the molecule is CC1CCN(c2nnc(SCC(=O)c3ccc(O)cc3)n2C2CC2)CC1. The molecule has 0 spiro atoms. The maximum absolute atomic E-state index is 12.4. The number of benzene rings is 1. The van der Waals surface area contributed by atoms with Crippen molar-refractivity contribution in [1.82, 2.24) is 14.8 Å². The lowest BCUT2D eigenvalue weighted by molar-refractivity contribution is 0.102. The number of aromatic nitrogens is 3. The molecule has 0 radical (unpaired) electrons. The summed E-state index contributed by atoms with van der Waals surface area (Å²) in [5.41, 5.74) is 0.609. The number of piperidine rings is 1. The van der Waals surface area contributed by atoms with Crippen molar-refractivity contribution >= 4 is 23.5 Å². The van der Waals surface area contributed by atoms with Crippen LogP contribution in [-0.4, -0.2) is 44.5 Å². The van der Waals surface area contributed by atoms with Crippen molar-refractivity contribution in [2.45, 2.75) is 43.8 Å². The largest absolute Gasteiger partial charge is 0.508 e. The zero-order valence-corrected chi connectivity index (χ0v) is 15.8. The smallest absolute Gasteiger partial charge is 0.228 e. The number of hydrogen-bond donors (Lipinski definition) is 1. The summed E-state index contributed by atoms with van der Waals surface area (Å²) in [6.07, 6.45) is 4.71. The number of carbonyl (C=O) groups excluding carboxylic acids is 1. The van der Waals surface area contributed by atoms with Crippen LogP contribution in [0, 0.1) is 5.92 Å². The summed E-state index contributed by atoms with van der Waals surface area (Å²) in [7, 11) is 0. The van der Waals surface area contributed by atoms with Crippen molar-refractivity contribution < 1.29 is 9.90 Å². The molecule has 1 aromatic heterocycles. The summed E-state index contributed by atoms with van der Waals surface area (Å²) in [6.45, 7) is 4.37. The third kappa shape index (κ3) is 3.72. The predicted molar refractivity (Wildman–Crippen MR) is 102 cm³/mol. The van der Waals surface area contributed by atoms with Crippen molar-refractivity contribution in [1.29, 1.82) is 0 Å². The predicted octanol–water partition coefficient (Wildman–Crippen LogP) is 3.53. The fraction of sp³-hybridized carbons (Fsp3) is 0.526. The van der Waals surface area contributed by atoms with Crippen LogP contribution in [0.15, 0.2) is 29.4 Å². The molecular formula is C19H24N4O2S. The normalized spacial score (nSPS) is 18.3. The second kappa shape index (κ2) is 7.31. The maximum atomic E-state index is 12.4. The molecule has 1 aliphatic heterocycles. The van der Waals surface area contributed by atoms with E-state index in [0.29, 0.717) is 17.4 Å². The van der Waals surface area contributed by atoms with E-state index < -0.39 is 0 Å². The minimum atomic E-state index is 0.0358. The molecule has 4 rings (SSSR count). The van der Waals surface area contributed by atoms with E-state index >= 15 is 0 Å². The number of anilines is 1. The van der Waals surface area contributed by atoms with Crippen molar-refractivity contribution in [3.63, 3.8) is 0 Å². The summed E-state index contributed by atoms with van der Waals surface area (Å²) in [4.78, 5) is 14.7. The van der Waals surface area contributed by atoms with Crippen molar-refractivity contribution in [2.75, 3.05) is 23.7 Å². The van der Waals surface area contributed by atoms with E-state index in [0.717, 1.165) is 43.0 Å². The number of hydrogen-bond acceptors (Lipinski definition) is 6. The molecule has 0 unspecified atom stereocenters. The van der Waals surface area contributed by atoms with Gasteiger partial charge in [-0.25, -0.2) is 0 Å². The van der Waals surface area contributed by atoms with Crippen molar-refractivity contribution in [3.8, 4) is 5.75 Å². The minimum absolute atomic E-state index is 0.0358. The molecule has 26 heavy (non-hydrogen) atoms.